The van der Waals surface area contributed by atoms with Gasteiger partial charge in [-0.2, -0.15) is 0 Å². The molecule has 1 aliphatic heterocycles. The Morgan fingerprint density at radius 2 is 1.65 bits per heavy atom. The lowest BCUT2D eigenvalue weighted by molar-refractivity contribution is -0.116. The zero-order valence-corrected chi connectivity index (χ0v) is 14.4. The van der Waals surface area contributed by atoms with E-state index in [1.165, 1.54) is 11.8 Å². The first-order valence-electron chi connectivity index (χ1n) is 8.23. The number of carbonyl (C=O) groups is 3. The Labute approximate surface area is 151 Å². The Bertz CT molecular complexity index is 870. The molecule has 3 rings (SSSR count). The molecule has 0 unspecified atom stereocenters. The molecule has 0 spiro atoms. The summed E-state index contributed by atoms with van der Waals surface area (Å²) in [5.74, 6) is -0.535. The second kappa shape index (κ2) is 7.23. The van der Waals surface area contributed by atoms with Gasteiger partial charge in [-0.3, -0.25) is 14.4 Å². The Morgan fingerprint density at radius 1 is 1.00 bits per heavy atom. The molecule has 0 saturated heterocycles. The van der Waals surface area contributed by atoms with E-state index >= 15 is 0 Å². The Morgan fingerprint density at radius 3 is 2.31 bits per heavy atom. The number of anilines is 2. The standard InChI is InChI=1S/C20H19N3O3/c1-13-17-8-3-4-9-18(17)20(26)23(13)11-10-19(25)22-16-7-5-6-15(12-16)21-14(2)24/h3-9,12H,1,10-11H2,2H3,(H,21,24)(H,22,25). The quantitative estimate of drug-likeness (QED) is 0.871. The normalized spacial score (nSPS) is 12.7. The third-order valence-electron chi connectivity index (χ3n) is 4.07. The van der Waals surface area contributed by atoms with E-state index in [1.807, 2.05) is 18.2 Å². The zero-order valence-electron chi connectivity index (χ0n) is 14.4. The minimum atomic E-state index is -0.221. The number of fused-ring (bicyclic) bond motifs is 1. The maximum Gasteiger partial charge on any atom is 0.258 e. The molecule has 0 saturated carbocycles. The van der Waals surface area contributed by atoms with Crippen LogP contribution in [0.5, 0.6) is 0 Å². The van der Waals surface area contributed by atoms with Crippen molar-refractivity contribution in [3.8, 4) is 0 Å². The van der Waals surface area contributed by atoms with Gasteiger partial charge in [0.1, 0.15) is 0 Å². The lowest BCUT2D eigenvalue weighted by atomic mass is 10.1. The van der Waals surface area contributed by atoms with Gasteiger partial charge in [-0.15, -0.1) is 0 Å². The highest BCUT2D eigenvalue weighted by Crippen LogP contribution is 2.31. The fourth-order valence-electron chi connectivity index (χ4n) is 2.89. The zero-order chi connectivity index (χ0) is 18.7. The number of hydrogen-bond donors (Lipinski definition) is 2. The number of nitrogens with one attached hydrogen (secondary N) is 2. The molecule has 1 aliphatic rings. The van der Waals surface area contributed by atoms with Gasteiger partial charge >= 0.3 is 0 Å². The SMILES string of the molecule is C=C1c2ccccc2C(=O)N1CCC(=O)Nc1cccc(NC(C)=O)c1. The summed E-state index contributed by atoms with van der Waals surface area (Å²) in [7, 11) is 0. The van der Waals surface area contributed by atoms with Crippen LogP contribution in [0.25, 0.3) is 5.70 Å². The number of benzene rings is 2. The van der Waals surface area contributed by atoms with E-state index < -0.39 is 0 Å². The van der Waals surface area contributed by atoms with Gasteiger partial charge in [-0.1, -0.05) is 30.8 Å². The molecule has 0 aromatic heterocycles. The molecule has 0 atom stereocenters. The maximum absolute atomic E-state index is 12.4. The average molecular weight is 349 g/mol. The van der Waals surface area contributed by atoms with E-state index in [9.17, 15) is 14.4 Å². The Hall–Kier alpha value is -3.41. The third kappa shape index (κ3) is 3.64. The molecule has 3 amide bonds. The first kappa shape index (κ1) is 17.4. The van der Waals surface area contributed by atoms with Crippen LogP contribution in [0.2, 0.25) is 0 Å². The number of hydrogen-bond acceptors (Lipinski definition) is 3. The van der Waals surface area contributed by atoms with Crippen molar-refractivity contribution in [1.82, 2.24) is 4.90 Å². The summed E-state index contributed by atoms with van der Waals surface area (Å²) in [4.78, 5) is 37.3. The summed E-state index contributed by atoms with van der Waals surface area (Å²) < 4.78 is 0. The molecule has 6 heteroatoms. The molecule has 6 nitrogen and oxygen atoms in total. The van der Waals surface area contributed by atoms with Crippen LogP contribution in [-0.2, 0) is 9.59 Å². The van der Waals surface area contributed by atoms with Crippen LogP contribution in [-0.4, -0.2) is 29.2 Å². The van der Waals surface area contributed by atoms with Crippen molar-refractivity contribution in [3.05, 3.63) is 66.2 Å². The Kier molecular flexibility index (Phi) is 4.84. The van der Waals surface area contributed by atoms with Crippen LogP contribution < -0.4 is 10.6 Å². The number of rotatable bonds is 5. The van der Waals surface area contributed by atoms with Crippen LogP contribution in [0.15, 0.2) is 55.1 Å². The highest BCUT2D eigenvalue weighted by Gasteiger charge is 2.30. The summed E-state index contributed by atoms with van der Waals surface area (Å²) in [6, 6.07) is 14.2. The Balaban J connectivity index is 1.59. The van der Waals surface area contributed by atoms with Crippen LogP contribution in [0.4, 0.5) is 11.4 Å². The molecule has 2 aromatic rings. The molecule has 0 bridgehead atoms. The first-order valence-corrected chi connectivity index (χ1v) is 8.23. The van der Waals surface area contributed by atoms with Crippen LogP contribution in [0, 0.1) is 0 Å². The molecule has 2 aromatic carbocycles. The fraction of sp³-hybridized carbons (Fsp3) is 0.150. The fourth-order valence-corrected chi connectivity index (χ4v) is 2.89. The molecule has 0 aliphatic carbocycles. The lowest BCUT2D eigenvalue weighted by Crippen LogP contribution is -2.27. The van der Waals surface area contributed by atoms with Crippen molar-refractivity contribution in [2.24, 2.45) is 0 Å². The monoisotopic (exact) mass is 349 g/mol. The van der Waals surface area contributed by atoms with Crippen molar-refractivity contribution >= 4 is 34.8 Å². The van der Waals surface area contributed by atoms with Crippen LogP contribution in [0.3, 0.4) is 0 Å². The second-order valence-electron chi connectivity index (χ2n) is 6.01. The molecular weight excluding hydrogens is 330 g/mol. The average Bonchev–Trinajstić information content (AvgIpc) is 2.84. The minimum Gasteiger partial charge on any atom is -0.326 e. The van der Waals surface area contributed by atoms with Crippen LogP contribution in [0.1, 0.15) is 29.3 Å². The van der Waals surface area contributed by atoms with Crippen molar-refractivity contribution in [2.45, 2.75) is 13.3 Å². The van der Waals surface area contributed by atoms with Gasteiger partial charge in [0.15, 0.2) is 0 Å². The number of carbonyl (C=O) groups excluding carboxylic acids is 3. The van der Waals surface area contributed by atoms with Gasteiger partial charge in [-0.05, 0) is 24.3 Å². The third-order valence-corrected chi connectivity index (χ3v) is 4.07. The first-order chi connectivity index (χ1) is 12.5. The van der Waals surface area contributed by atoms with E-state index in [1.54, 1.807) is 30.3 Å². The van der Waals surface area contributed by atoms with Crippen molar-refractivity contribution in [3.63, 3.8) is 0 Å². The van der Waals surface area contributed by atoms with Gasteiger partial charge in [0.25, 0.3) is 5.91 Å². The topological polar surface area (TPSA) is 78.5 Å². The largest absolute Gasteiger partial charge is 0.326 e. The summed E-state index contributed by atoms with van der Waals surface area (Å²) in [6.45, 7) is 5.64. The van der Waals surface area contributed by atoms with Gasteiger partial charge in [0, 0.05) is 48.1 Å². The predicted molar refractivity (Wildman–Crippen MR) is 101 cm³/mol. The molecular formula is C20H19N3O3. The van der Waals surface area contributed by atoms with Gasteiger partial charge in [-0.25, -0.2) is 0 Å². The highest BCUT2D eigenvalue weighted by molar-refractivity contribution is 6.09. The summed E-state index contributed by atoms with van der Waals surface area (Å²) in [5.41, 5.74) is 3.22. The molecule has 0 radical (unpaired) electrons. The van der Waals surface area contributed by atoms with Crippen molar-refractivity contribution < 1.29 is 14.4 Å². The molecule has 0 fully saturated rings. The number of amides is 3. The molecule has 2 N–H and O–H groups in total. The minimum absolute atomic E-state index is 0.133. The predicted octanol–water partition coefficient (Wildman–Crippen LogP) is 3.10. The summed E-state index contributed by atoms with van der Waals surface area (Å²) in [5, 5.41) is 5.43. The lowest BCUT2D eigenvalue weighted by Gasteiger charge is -2.17. The van der Waals surface area contributed by atoms with E-state index in [2.05, 4.69) is 17.2 Å². The molecule has 132 valence electrons. The van der Waals surface area contributed by atoms with Crippen molar-refractivity contribution in [2.75, 3.05) is 17.2 Å². The molecule has 1 heterocycles. The summed E-state index contributed by atoms with van der Waals surface area (Å²) >= 11 is 0. The van der Waals surface area contributed by atoms with Crippen molar-refractivity contribution in [1.29, 1.82) is 0 Å². The second-order valence-corrected chi connectivity index (χ2v) is 6.01. The van der Waals surface area contributed by atoms with E-state index in [-0.39, 0.29) is 30.7 Å². The van der Waals surface area contributed by atoms with Gasteiger partial charge < -0.3 is 15.5 Å². The van der Waals surface area contributed by atoms with E-state index in [4.69, 9.17) is 0 Å². The highest BCUT2D eigenvalue weighted by atomic mass is 16.2. The van der Waals surface area contributed by atoms with Gasteiger partial charge in [0.05, 0.1) is 0 Å². The summed E-state index contributed by atoms with van der Waals surface area (Å²) in [6.07, 6.45) is 0.142. The van der Waals surface area contributed by atoms with E-state index in [0.717, 1.165) is 5.56 Å². The number of nitrogens with zero attached hydrogens (tertiary/aromatic N) is 1. The van der Waals surface area contributed by atoms with Crippen LogP contribution >= 0.6 is 0 Å². The maximum atomic E-state index is 12.4. The van der Waals surface area contributed by atoms with E-state index in [0.29, 0.717) is 22.6 Å². The molecule has 26 heavy (non-hydrogen) atoms. The van der Waals surface area contributed by atoms with Gasteiger partial charge in [0.2, 0.25) is 11.8 Å². The smallest absolute Gasteiger partial charge is 0.258 e.